The van der Waals surface area contributed by atoms with Crippen molar-refractivity contribution in [2.24, 2.45) is 5.73 Å². The van der Waals surface area contributed by atoms with Crippen molar-refractivity contribution >= 4 is 5.95 Å². The Morgan fingerprint density at radius 1 is 1.41 bits per heavy atom. The number of methoxy groups -OCH3 is 1. The monoisotopic (exact) mass is 238 g/mol. The van der Waals surface area contributed by atoms with Gasteiger partial charge in [-0.2, -0.15) is 4.98 Å². The summed E-state index contributed by atoms with van der Waals surface area (Å²) in [6, 6.07) is 0. The SMILES string of the molecule is COc1nc(N(C)CCCN)nc2c1COC2. The Bertz CT molecular complexity index is 397. The quantitative estimate of drug-likeness (QED) is 0.795. The molecule has 0 radical (unpaired) electrons. The number of fused-ring (bicyclic) bond motifs is 1. The average Bonchev–Trinajstić information content (AvgIpc) is 2.82. The summed E-state index contributed by atoms with van der Waals surface area (Å²) in [5.74, 6) is 1.28. The van der Waals surface area contributed by atoms with E-state index < -0.39 is 0 Å². The van der Waals surface area contributed by atoms with Crippen LogP contribution in [-0.4, -0.2) is 37.2 Å². The number of nitrogens with two attached hydrogens (primary N) is 1. The highest BCUT2D eigenvalue weighted by atomic mass is 16.5. The summed E-state index contributed by atoms with van der Waals surface area (Å²) in [4.78, 5) is 10.9. The molecule has 0 saturated carbocycles. The lowest BCUT2D eigenvalue weighted by atomic mass is 10.2. The lowest BCUT2D eigenvalue weighted by molar-refractivity contribution is 0.132. The van der Waals surface area contributed by atoms with Gasteiger partial charge in [-0.15, -0.1) is 0 Å². The summed E-state index contributed by atoms with van der Waals surface area (Å²) in [5.41, 5.74) is 7.37. The standard InChI is InChI=1S/C11H18N4O2/c1-15(5-3-4-12)11-13-9-7-17-6-8(9)10(14-11)16-2/h3-7,12H2,1-2H3. The van der Waals surface area contributed by atoms with Crippen LogP contribution in [-0.2, 0) is 18.0 Å². The highest BCUT2D eigenvalue weighted by Crippen LogP contribution is 2.28. The van der Waals surface area contributed by atoms with E-state index in [4.69, 9.17) is 15.2 Å². The Morgan fingerprint density at radius 2 is 2.24 bits per heavy atom. The predicted molar refractivity (Wildman–Crippen MR) is 64.0 cm³/mol. The third-order valence-corrected chi connectivity index (χ3v) is 2.76. The summed E-state index contributed by atoms with van der Waals surface area (Å²) in [5, 5.41) is 0. The molecule has 1 aliphatic heterocycles. The van der Waals surface area contributed by atoms with Crippen LogP contribution >= 0.6 is 0 Å². The normalized spacial score (nSPS) is 13.6. The third kappa shape index (κ3) is 2.48. The van der Waals surface area contributed by atoms with Crippen LogP contribution in [0, 0.1) is 0 Å². The van der Waals surface area contributed by atoms with Crippen molar-refractivity contribution in [2.75, 3.05) is 32.1 Å². The van der Waals surface area contributed by atoms with Gasteiger partial charge in [0.25, 0.3) is 0 Å². The van der Waals surface area contributed by atoms with Crippen LogP contribution in [0.2, 0.25) is 0 Å². The van der Waals surface area contributed by atoms with Crippen LogP contribution in [0.25, 0.3) is 0 Å². The number of hydrogen-bond acceptors (Lipinski definition) is 6. The fraction of sp³-hybridized carbons (Fsp3) is 0.636. The Hall–Kier alpha value is -1.40. The summed E-state index contributed by atoms with van der Waals surface area (Å²) in [7, 11) is 3.57. The first kappa shape index (κ1) is 12.1. The van der Waals surface area contributed by atoms with Crippen molar-refractivity contribution in [3.05, 3.63) is 11.3 Å². The minimum absolute atomic E-state index is 0.533. The van der Waals surface area contributed by atoms with Gasteiger partial charge < -0.3 is 20.1 Å². The van der Waals surface area contributed by atoms with E-state index in [0.717, 1.165) is 24.2 Å². The number of nitrogens with zero attached hydrogens (tertiary/aromatic N) is 3. The Kier molecular flexibility index (Phi) is 3.75. The second-order valence-corrected chi connectivity index (χ2v) is 4.01. The Balaban J connectivity index is 2.23. The first-order valence-corrected chi connectivity index (χ1v) is 5.69. The van der Waals surface area contributed by atoms with Gasteiger partial charge in [0.2, 0.25) is 11.8 Å². The highest BCUT2D eigenvalue weighted by Gasteiger charge is 2.21. The third-order valence-electron chi connectivity index (χ3n) is 2.76. The molecule has 0 spiro atoms. The molecule has 0 fully saturated rings. The molecule has 0 saturated heterocycles. The van der Waals surface area contributed by atoms with Crippen molar-refractivity contribution in [3.63, 3.8) is 0 Å². The van der Waals surface area contributed by atoms with E-state index in [9.17, 15) is 0 Å². The van der Waals surface area contributed by atoms with Crippen LogP contribution in [0.1, 0.15) is 17.7 Å². The maximum absolute atomic E-state index is 5.49. The molecule has 6 nitrogen and oxygen atoms in total. The van der Waals surface area contributed by atoms with Crippen LogP contribution in [0.15, 0.2) is 0 Å². The van der Waals surface area contributed by atoms with Gasteiger partial charge in [-0.05, 0) is 13.0 Å². The Morgan fingerprint density at radius 3 is 2.94 bits per heavy atom. The molecule has 6 heteroatoms. The fourth-order valence-corrected chi connectivity index (χ4v) is 1.78. The molecule has 0 unspecified atom stereocenters. The number of hydrogen-bond donors (Lipinski definition) is 1. The molecule has 0 bridgehead atoms. The molecule has 0 aromatic carbocycles. The number of ether oxygens (including phenoxy) is 2. The largest absolute Gasteiger partial charge is 0.481 e. The average molecular weight is 238 g/mol. The summed E-state index contributed by atoms with van der Waals surface area (Å²) >= 11 is 0. The van der Waals surface area contributed by atoms with Gasteiger partial charge in [0, 0.05) is 13.6 Å². The lowest BCUT2D eigenvalue weighted by Crippen LogP contribution is -2.23. The molecule has 0 aliphatic carbocycles. The molecular formula is C11H18N4O2. The van der Waals surface area contributed by atoms with Crippen LogP contribution in [0.4, 0.5) is 5.95 Å². The van der Waals surface area contributed by atoms with Gasteiger partial charge >= 0.3 is 0 Å². The number of anilines is 1. The van der Waals surface area contributed by atoms with Crippen molar-refractivity contribution in [1.82, 2.24) is 9.97 Å². The molecule has 1 aliphatic rings. The van der Waals surface area contributed by atoms with Crippen molar-refractivity contribution in [3.8, 4) is 5.88 Å². The summed E-state index contributed by atoms with van der Waals surface area (Å²) in [6.07, 6.45) is 0.912. The predicted octanol–water partition coefficient (Wildman–Crippen LogP) is 0.300. The Labute approximate surface area is 101 Å². The maximum atomic E-state index is 5.49. The molecule has 17 heavy (non-hydrogen) atoms. The maximum Gasteiger partial charge on any atom is 0.228 e. The first-order valence-electron chi connectivity index (χ1n) is 5.69. The van der Waals surface area contributed by atoms with Gasteiger partial charge in [-0.25, -0.2) is 4.98 Å². The second-order valence-electron chi connectivity index (χ2n) is 4.01. The zero-order chi connectivity index (χ0) is 12.3. The number of rotatable bonds is 5. The molecule has 2 heterocycles. The summed E-state index contributed by atoms with van der Waals surface area (Å²) < 4.78 is 10.6. The van der Waals surface area contributed by atoms with Crippen molar-refractivity contribution in [2.45, 2.75) is 19.6 Å². The zero-order valence-electron chi connectivity index (χ0n) is 10.3. The van der Waals surface area contributed by atoms with E-state index in [1.165, 1.54) is 0 Å². The van der Waals surface area contributed by atoms with Gasteiger partial charge in [0.1, 0.15) is 0 Å². The van der Waals surface area contributed by atoms with E-state index in [1.807, 2.05) is 11.9 Å². The molecule has 1 aromatic rings. The van der Waals surface area contributed by atoms with Gasteiger partial charge in [0.15, 0.2) is 0 Å². The molecule has 1 aromatic heterocycles. The first-order chi connectivity index (χ1) is 8.26. The number of aromatic nitrogens is 2. The van der Waals surface area contributed by atoms with E-state index in [2.05, 4.69) is 9.97 Å². The van der Waals surface area contributed by atoms with E-state index in [-0.39, 0.29) is 0 Å². The molecule has 94 valence electrons. The molecule has 2 rings (SSSR count). The van der Waals surface area contributed by atoms with Gasteiger partial charge in [0.05, 0.1) is 31.6 Å². The van der Waals surface area contributed by atoms with Crippen LogP contribution < -0.4 is 15.4 Å². The second kappa shape index (κ2) is 5.29. The van der Waals surface area contributed by atoms with Crippen LogP contribution in [0.3, 0.4) is 0 Å². The smallest absolute Gasteiger partial charge is 0.228 e. The molecule has 0 atom stereocenters. The van der Waals surface area contributed by atoms with Gasteiger partial charge in [-0.1, -0.05) is 0 Å². The van der Waals surface area contributed by atoms with Crippen molar-refractivity contribution < 1.29 is 9.47 Å². The minimum atomic E-state index is 0.533. The summed E-state index contributed by atoms with van der Waals surface area (Å²) in [6.45, 7) is 2.56. The van der Waals surface area contributed by atoms with Crippen molar-refractivity contribution in [1.29, 1.82) is 0 Å². The minimum Gasteiger partial charge on any atom is -0.481 e. The topological polar surface area (TPSA) is 73.5 Å². The molecule has 2 N–H and O–H groups in total. The van der Waals surface area contributed by atoms with E-state index in [0.29, 0.717) is 31.6 Å². The zero-order valence-corrected chi connectivity index (χ0v) is 10.3. The van der Waals surface area contributed by atoms with Gasteiger partial charge in [-0.3, -0.25) is 0 Å². The molecule has 0 amide bonds. The van der Waals surface area contributed by atoms with Crippen LogP contribution in [0.5, 0.6) is 5.88 Å². The highest BCUT2D eigenvalue weighted by molar-refractivity contribution is 5.40. The molecular weight excluding hydrogens is 220 g/mol. The lowest BCUT2D eigenvalue weighted by Gasteiger charge is -2.18. The van der Waals surface area contributed by atoms with E-state index in [1.54, 1.807) is 7.11 Å². The van der Waals surface area contributed by atoms with E-state index >= 15 is 0 Å². The fourth-order valence-electron chi connectivity index (χ4n) is 1.78.